The highest BCUT2D eigenvalue weighted by atomic mass is 127. The van der Waals surface area contributed by atoms with Crippen molar-refractivity contribution in [3.8, 4) is 0 Å². The van der Waals surface area contributed by atoms with Gasteiger partial charge in [-0.3, -0.25) is 27.9 Å². The molecule has 0 bridgehead atoms. The highest BCUT2D eigenvalue weighted by molar-refractivity contribution is 14.1. The second kappa shape index (κ2) is 20.5. The molecule has 0 fully saturated rings. The molecule has 0 spiro atoms. The van der Waals surface area contributed by atoms with E-state index < -0.39 is 5.69 Å². The average molecular weight is 999 g/mol. The summed E-state index contributed by atoms with van der Waals surface area (Å²) >= 11 is 9.23. The minimum Gasteiger partial charge on any atom is -0.396 e. The standard InChI is InChI=1S/C19H23BrN4O3.C17H19BrN4O3.C2H5I/c1-4-27-10-6-9-15-21-17-16(18(25)23(3)19(26)22(17)2)24(15)12-13-7-5-8-14(20)11-13;1-20-15-14(16(24)21(2)17(20)25)22(13(19-15)7-4-8-23)10-11-5-3-6-12(18)9-11;1-2-3/h5,7-8,11H,4,6,9-10,12H2,1-3H3;3,5-6,9,23H,4,7-8,10H2,1-2H3;2H2,1H3. The van der Waals surface area contributed by atoms with E-state index in [0.717, 1.165) is 41.5 Å². The summed E-state index contributed by atoms with van der Waals surface area (Å²) < 4.78 is 17.4. The number of ether oxygens (including phenoxy) is 1. The Bertz CT molecular complexity index is 2500. The maximum Gasteiger partial charge on any atom is 0.332 e. The molecule has 17 heteroatoms. The molecule has 4 heterocycles. The van der Waals surface area contributed by atoms with Crippen molar-refractivity contribution in [2.45, 2.75) is 52.6 Å². The number of fused-ring (bicyclic) bond motifs is 2. The molecule has 0 saturated heterocycles. The molecule has 296 valence electrons. The number of aromatic nitrogens is 8. The van der Waals surface area contributed by atoms with Crippen LogP contribution in [0.3, 0.4) is 0 Å². The molecular formula is C38H47Br2IN8O6. The summed E-state index contributed by atoms with van der Waals surface area (Å²) in [5.41, 5.74) is 2.23. The Labute approximate surface area is 348 Å². The topological polar surface area (TPSA) is 153 Å². The van der Waals surface area contributed by atoms with Gasteiger partial charge in [0.25, 0.3) is 11.1 Å². The molecule has 0 saturated carbocycles. The van der Waals surface area contributed by atoms with Crippen LogP contribution in [0.4, 0.5) is 0 Å². The van der Waals surface area contributed by atoms with E-state index in [9.17, 15) is 19.2 Å². The number of aryl methyl sites for hydroxylation is 4. The Morgan fingerprint density at radius 1 is 0.691 bits per heavy atom. The minimum atomic E-state index is -0.404. The van der Waals surface area contributed by atoms with Crippen LogP contribution in [0.15, 0.2) is 76.7 Å². The van der Waals surface area contributed by atoms with Crippen LogP contribution in [0.2, 0.25) is 0 Å². The summed E-state index contributed by atoms with van der Waals surface area (Å²) in [6.07, 6.45) is 2.52. The SMILES string of the molecule is CCI.CCOCCCc1nc2c(c(=O)n(C)c(=O)n2C)n1Cc1cccc(Br)c1.Cn1c(=O)c2c(nc(CCCO)n2Cc2cccc(Br)c2)n(C)c1=O. The average Bonchev–Trinajstić information content (AvgIpc) is 3.71. The molecule has 14 nitrogen and oxygen atoms in total. The van der Waals surface area contributed by atoms with Gasteiger partial charge in [0.1, 0.15) is 11.6 Å². The number of halogens is 3. The van der Waals surface area contributed by atoms with Gasteiger partial charge >= 0.3 is 11.4 Å². The van der Waals surface area contributed by atoms with E-state index in [1.807, 2.05) is 64.6 Å². The molecule has 0 aliphatic rings. The number of hydrogen-bond donors (Lipinski definition) is 1. The molecule has 0 atom stereocenters. The van der Waals surface area contributed by atoms with Crippen LogP contribution in [0.25, 0.3) is 22.3 Å². The Hall–Kier alpha value is -3.65. The lowest BCUT2D eigenvalue weighted by atomic mass is 10.2. The number of aliphatic hydroxyl groups excluding tert-OH is 1. The molecule has 0 amide bonds. The number of nitrogens with zero attached hydrogens (tertiary/aromatic N) is 8. The summed E-state index contributed by atoms with van der Waals surface area (Å²) in [5, 5.41) is 9.15. The molecule has 55 heavy (non-hydrogen) atoms. The summed E-state index contributed by atoms with van der Waals surface area (Å²) in [5.74, 6) is 1.46. The molecule has 1 N–H and O–H groups in total. The number of imidazole rings is 2. The van der Waals surface area contributed by atoms with Crippen molar-refractivity contribution in [3.05, 3.63) is 122 Å². The van der Waals surface area contributed by atoms with Crippen molar-refractivity contribution in [2.75, 3.05) is 24.2 Å². The highest BCUT2D eigenvalue weighted by Crippen LogP contribution is 2.20. The van der Waals surface area contributed by atoms with Gasteiger partial charge in [0.15, 0.2) is 22.3 Å². The zero-order valence-corrected chi connectivity index (χ0v) is 37.2. The van der Waals surface area contributed by atoms with E-state index in [4.69, 9.17) is 9.84 Å². The van der Waals surface area contributed by atoms with Crippen molar-refractivity contribution < 1.29 is 9.84 Å². The van der Waals surface area contributed by atoms with Crippen molar-refractivity contribution in [3.63, 3.8) is 0 Å². The third-order valence-electron chi connectivity index (χ3n) is 8.77. The summed E-state index contributed by atoms with van der Waals surface area (Å²) in [4.78, 5) is 59.1. The Kier molecular flexibility index (Phi) is 16.4. The van der Waals surface area contributed by atoms with Crippen molar-refractivity contribution >= 4 is 76.8 Å². The van der Waals surface area contributed by atoms with Crippen LogP contribution in [-0.2, 0) is 58.9 Å². The second-order valence-electron chi connectivity index (χ2n) is 12.6. The maximum atomic E-state index is 12.8. The highest BCUT2D eigenvalue weighted by Gasteiger charge is 2.20. The number of hydrogen-bond acceptors (Lipinski definition) is 8. The van der Waals surface area contributed by atoms with Gasteiger partial charge in [-0.05, 0) is 59.6 Å². The smallest absolute Gasteiger partial charge is 0.332 e. The summed E-state index contributed by atoms with van der Waals surface area (Å²) in [6.45, 7) is 6.38. The molecule has 0 aliphatic carbocycles. The summed E-state index contributed by atoms with van der Waals surface area (Å²) in [7, 11) is 6.21. The minimum absolute atomic E-state index is 0.0387. The van der Waals surface area contributed by atoms with E-state index in [1.165, 1.54) is 27.7 Å². The molecule has 0 unspecified atom stereocenters. The summed E-state index contributed by atoms with van der Waals surface area (Å²) in [6, 6.07) is 15.8. The van der Waals surface area contributed by atoms with Crippen LogP contribution < -0.4 is 22.5 Å². The van der Waals surface area contributed by atoms with Crippen molar-refractivity contribution in [1.82, 2.24) is 37.4 Å². The third-order valence-corrected chi connectivity index (χ3v) is 9.75. The van der Waals surface area contributed by atoms with Crippen molar-refractivity contribution in [1.29, 1.82) is 0 Å². The predicted molar refractivity (Wildman–Crippen MR) is 232 cm³/mol. The van der Waals surface area contributed by atoms with Gasteiger partial charge < -0.3 is 19.0 Å². The normalized spacial score (nSPS) is 11.1. The monoisotopic (exact) mass is 996 g/mol. The fraction of sp³-hybridized carbons (Fsp3) is 0.421. The van der Waals surface area contributed by atoms with Gasteiger partial charge in [-0.1, -0.05) is 85.6 Å². The molecule has 2 aromatic carbocycles. The van der Waals surface area contributed by atoms with Crippen LogP contribution in [0.5, 0.6) is 0 Å². The lowest BCUT2D eigenvalue weighted by molar-refractivity contribution is 0.144. The van der Waals surface area contributed by atoms with Crippen molar-refractivity contribution in [2.24, 2.45) is 28.2 Å². The zero-order chi connectivity index (χ0) is 40.4. The van der Waals surface area contributed by atoms with E-state index in [2.05, 4.69) is 71.3 Å². The first-order valence-corrected chi connectivity index (χ1v) is 20.9. The van der Waals surface area contributed by atoms with Crippen LogP contribution in [0.1, 0.15) is 49.5 Å². The van der Waals surface area contributed by atoms with Gasteiger partial charge in [-0.15, -0.1) is 0 Å². The fourth-order valence-corrected chi connectivity index (χ4v) is 6.95. The van der Waals surface area contributed by atoms with Crippen LogP contribution >= 0.6 is 54.5 Å². The Balaban J connectivity index is 0.000000229. The first-order valence-electron chi connectivity index (χ1n) is 17.8. The molecule has 0 aliphatic heterocycles. The first kappa shape index (κ1) is 44.1. The molecule has 6 rings (SSSR count). The third kappa shape index (κ3) is 10.4. The van der Waals surface area contributed by atoms with Gasteiger partial charge in [0.05, 0.1) is 0 Å². The van der Waals surface area contributed by atoms with Crippen LogP contribution in [-0.4, -0.2) is 66.7 Å². The Morgan fingerprint density at radius 2 is 1.11 bits per heavy atom. The van der Waals surface area contributed by atoms with Crippen LogP contribution in [0, 0.1) is 0 Å². The lowest BCUT2D eigenvalue weighted by Gasteiger charge is -2.10. The molecular weight excluding hydrogens is 951 g/mol. The van der Waals surface area contributed by atoms with Gasteiger partial charge in [-0.25, -0.2) is 19.6 Å². The quantitative estimate of drug-likeness (QED) is 0.104. The molecule has 6 aromatic rings. The largest absolute Gasteiger partial charge is 0.396 e. The maximum absolute atomic E-state index is 12.8. The van der Waals surface area contributed by atoms with E-state index in [-0.39, 0.29) is 23.4 Å². The number of benzene rings is 2. The number of alkyl halides is 1. The first-order chi connectivity index (χ1) is 26.3. The number of rotatable bonds is 12. The second-order valence-corrected chi connectivity index (χ2v) is 16.0. The number of aliphatic hydroxyl groups is 1. The lowest BCUT2D eigenvalue weighted by Crippen LogP contribution is -2.37. The predicted octanol–water partition coefficient (Wildman–Crippen LogP) is 4.82. The van der Waals surface area contributed by atoms with E-state index in [1.54, 1.807) is 14.1 Å². The van der Waals surface area contributed by atoms with E-state index >= 15 is 0 Å². The fourth-order valence-electron chi connectivity index (χ4n) is 6.06. The Morgan fingerprint density at radius 3 is 1.49 bits per heavy atom. The molecule has 4 aromatic heterocycles. The van der Waals surface area contributed by atoms with E-state index in [0.29, 0.717) is 73.7 Å². The van der Waals surface area contributed by atoms with Gasteiger partial charge in [0, 0.05) is 82.9 Å². The molecule has 0 radical (unpaired) electrons. The zero-order valence-electron chi connectivity index (χ0n) is 31.9. The van der Waals surface area contributed by atoms with Gasteiger partial charge in [-0.2, -0.15) is 0 Å². The van der Waals surface area contributed by atoms with Gasteiger partial charge in [0.2, 0.25) is 0 Å².